The summed E-state index contributed by atoms with van der Waals surface area (Å²) in [5, 5.41) is 12.1. The van der Waals surface area contributed by atoms with Gasteiger partial charge in [0.15, 0.2) is 11.5 Å². The SMILES string of the molecule is [2H]C([2H])([2H])OC([2H])([2H])C([2H])([2H])Oc1cc2c(N[C@H](C)c3cccc(C(F)(F)CO)c3F)nc(C)nc2cc1OC. The smallest absolute Gasteiger partial charge is 0.298 e. The van der Waals surface area contributed by atoms with Gasteiger partial charge in [-0.1, -0.05) is 12.1 Å². The van der Waals surface area contributed by atoms with Crippen molar-refractivity contribution in [3.8, 4) is 11.5 Å². The van der Waals surface area contributed by atoms with E-state index in [-0.39, 0.29) is 39.6 Å². The molecule has 0 fully saturated rings. The molecule has 0 radical (unpaired) electrons. The molecule has 0 saturated carbocycles. The number of fused-ring (bicyclic) bond motifs is 1. The summed E-state index contributed by atoms with van der Waals surface area (Å²) in [5.74, 6) is -5.21. The molecule has 33 heavy (non-hydrogen) atoms. The van der Waals surface area contributed by atoms with Gasteiger partial charge in [-0.05, 0) is 26.0 Å². The predicted octanol–water partition coefficient (Wildman–Crippen LogP) is 4.37. The second-order valence-electron chi connectivity index (χ2n) is 6.99. The van der Waals surface area contributed by atoms with Gasteiger partial charge in [0, 0.05) is 24.1 Å². The molecule has 10 heteroatoms. The van der Waals surface area contributed by atoms with E-state index in [1.165, 1.54) is 38.3 Å². The van der Waals surface area contributed by atoms with E-state index < -0.39 is 50.1 Å². The summed E-state index contributed by atoms with van der Waals surface area (Å²) in [6.45, 7) is -5.33. The maximum absolute atomic E-state index is 15.0. The summed E-state index contributed by atoms with van der Waals surface area (Å²) in [7, 11) is -2.05. The van der Waals surface area contributed by atoms with Gasteiger partial charge in [-0.2, -0.15) is 8.78 Å². The Hall–Kier alpha value is -3.11. The number of methoxy groups -OCH3 is 2. The van der Waals surface area contributed by atoms with Crippen molar-refractivity contribution in [2.75, 3.05) is 39.2 Å². The molecule has 3 aromatic rings. The summed E-state index contributed by atoms with van der Waals surface area (Å²) in [4.78, 5) is 8.56. The first-order valence-corrected chi connectivity index (χ1v) is 9.61. The minimum atomic E-state index is -3.81. The Morgan fingerprint density at radius 1 is 1.24 bits per heavy atom. The van der Waals surface area contributed by atoms with Gasteiger partial charge in [0.2, 0.25) is 0 Å². The van der Waals surface area contributed by atoms with Gasteiger partial charge < -0.3 is 24.6 Å². The lowest BCUT2D eigenvalue weighted by atomic mass is 10.00. The summed E-state index contributed by atoms with van der Waals surface area (Å²) in [6.07, 6.45) is 0. The molecule has 7 nitrogen and oxygen atoms in total. The van der Waals surface area contributed by atoms with Crippen LogP contribution in [0.1, 0.15) is 39.5 Å². The number of alkyl halides is 2. The molecule has 0 unspecified atom stereocenters. The van der Waals surface area contributed by atoms with E-state index in [1.54, 1.807) is 6.92 Å². The van der Waals surface area contributed by atoms with Crippen LogP contribution in [0.5, 0.6) is 11.5 Å². The minimum absolute atomic E-state index is 0.0588. The highest BCUT2D eigenvalue weighted by molar-refractivity contribution is 5.92. The van der Waals surface area contributed by atoms with Gasteiger partial charge in [-0.25, -0.2) is 14.4 Å². The van der Waals surface area contributed by atoms with Crippen molar-refractivity contribution in [2.24, 2.45) is 0 Å². The molecule has 2 aromatic carbocycles. The molecule has 0 amide bonds. The number of nitrogens with zero attached hydrogens (tertiary/aromatic N) is 2. The zero-order valence-corrected chi connectivity index (χ0v) is 17.9. The molecule has 1 aromatic heterocycles. The van der Waals surface area contributed by atoms with Crippen LogP contribution in [0.4, 0.5) is 19.0 Å². The lowest BCUT2D eigenvalue weighted by Crippen LogP contribution is -2.22. The van der Waals surface area contributed by atoms with Crippen LogP contribution in [0, 0.1) is 12.7 Å². The Bertz CT molecular complexity index is 1390. The maximum atomic E-state index is 15.0. The molecule has 0 saturated heterocycles. The van der Waals surface area contributed by atoms with Crippen LogP contribution >= 0.6 is 0 Å². The highest BCUT2D eigenvalue weighted by Gasteiger charge is 2.35. The Morgan fingerprint density at radius 2 is 2.03 bits per heavy atom. The molecule has 0 aliphatic heterocycles. The lowest BCUT2D eigenvalue weighted by molar-refractivity contribution is -0.0583. The summed E-state index contributed by atoms with van der Waals surface area (Å²) < 4.78 is 111. The molecule has 1 atom stereocenters. The highest BCUT2D eigenvalue weighted by atomic mass is 19.3. The number of rotatable bonds is 10. The Kier molecular flexibility index (Phi) is 5.11. The van der Waals surface area contributed by atoms with Crippen LogP contribution in [0.3, 0.4) is 0 Å². The van der Waals surface area contributed by atoms with E-state index in [0.29, 0.717) is 0 Å². The topological polar surface area (TPSA) is 85.7 Å². The summed E-state index contributed by atoms with van der Waals surface area (Å²) in [5.41, 5.74) is -0.901. The Balaban J connectivity index is 2.07. The van der Waals surface area contributed by atoms with Gasteiger partial charge in [0.1, 0.15) is 30.6 Å². The Labute approximate surface area is 199 Å². The molecule has 178 valence electrons. The van der Waals surface area contributed by atoms with E-state index >= 15 is 4.39 Å². The van der Waals surface area contributed by atoms with Gasteiger partial charge in [0.05, 0.1) is 40.4 Å². The van der Waals surface area contributed by atoms with Crippen LogP contribution in [0.15, 0.2) is 30.3 Å². The first-order valence-electron chi connectivity index (χ1n) is 13.1. The van der Waals surface area contributed by atoms with Gasteiger partial charge >= 0.3 is 0 Å². The number of anilines is 1. The van der Waals surface area contributed by atoms with Crippen LogP contribution in [-0.4, -0.2) is 48.9 Å². The number of aryl methyl sites for hydroxylation is 1. The summed E-state index contributed by atoms with van der Waals surface area (Å²) in [6, 6.07) is 4.93. The normalized spacial score (nSPS) is 17.0. The highest BCUT2D eigenvalue weighted by Crippen LogP contribution is 2.37. The van der Waals surface area contributed by atoms with Crippen LogP contribution in [-0.2, 0) is 10.7 Å². The fourth-order valence-corrected chi connectivity index (χ4v) is 3.23. The largest absolute Gasteiger partial charge is 0.493 e. The van der Waals surface area contributed by atoms with Crippen molar-refractivity contribution in [1.82, 2.24) is 9.97 Å². The zero-order valence-electron chi connectivity index (χ0n) is 24.9. The van der Waals surface area contributed by atoms with Crippen molar-refractivity contribution in [3.05, 3.63) is 53.1 Å². The number of ether oxygens (including phenoxy) is 3. The van der Waals surface area contributed by atoms with Crippen LogP contribution < -0.4 is 14.8 Å². The number of hydrogen-bond acceptors (Lipinski definition) is 7. The fraction of sp³-hybridized carbons (Fsp3) is 0.391. The van der Waals surface area contributed by atoms with Crippen molar-refractivity contribution in [1.29, 1.82) is 0 Å². The fourth-order valence-electron chi connectivity index (χ4n) is 3.23. The molecule has 0 bridgehead atoms. The third kappa shape index (κ3) is 5.28. The standard InChI is InChI=1S/C23H26F3N3O4/c1-13(15-6-5-7-17(21(15)24)23(25,26)12-30)27-22-16-10-20(33-9-8-31-3)19(32-4)11-18(16)28-14(2)29-22/h5-7,10-11,13,30H,8-9,12H2,1-4H3,(H,27,28,29)/t13-/m1/s1/i3D3,8D2,9D2. The van der Waals surface area contributed by atoms with Gasteiger partial charge in [-0.3, -0.25) is 0 Å². The van der Waals surface area contributed by atoms with E-state index in [9.17, 15) is 8.78 Å². The van der Waals surface area contributed by atoms with Crippen LogP contribution in [0.2, 0.25) is 0 Å². The molecule has 0 aliphatic carbocycles. The van der Waals surface area contributed by atoms with E-state index in [0.717, 1.165) is 6.07 Å². The molecular weight excluding hydrogens is 439 g/mol. The van der Waals surface area contributed by atoms with E-state index in [1.807, 2.05) is 0 Å². The minimum Gasteiger partial charge on any atom is -0.493 e. The second kappa shape index (κ2) is 10.2. The molecule has 2 N–H and O–H groups in total. The zero-order chi connectivity index (χ0) is 30.3. The number of aliphatic hydroxyl groups is 1. The second-order valence-corrected chi connectivity index (χ2v) is 6.99. The lowest BCUT2D eigenvalue weighted by Gasteiger charge is -2.21. The van der Waals surface area contributed by atoms with Crippen LogP contribution in [0.25, 0.3) is 10.9 Å². The number of hydrogen-bond donors (Lipinski definition) is 2. The maximum Gasteiger partial charge on any atom is 0.298 e. The predicted molar refractivity (Wildman–Crippen MR) is 118 cm³/mol. The van der Waals surface area contributed by atoms with Crippen molar-refractivity contribution < 1.29 is 42.1 Å². The van der Waals surface area contributed by atoms with Crippen molar-refractivity contribution >= 4 is 16.7 Å². The molecule has 1 heterocycles. The number of aliphatic hydroxyl groups excluding tert-OH is 1. The number of benzene rings is 2. The molecule has 0 spiro atoms. The van der Waals surface area contributed by atoms with Gasteiger partial charge in [-0.15, -0.1) is 0 Å². The first-order chi connectivity index (χ1) is 18.3. The third-order valence-electron chi connectivity index (χ3n) is 4.79. The average Bonchev–Trinajstić information content (AvgIpc) is 2.82. The molecule has 3 rings (SSSR count). The third-order valence-corrected chi connectivity index (χ3v) is 4.79. The van der Waals surface area contributed by atoms with E-state index in [4.69, 9.17) is 24.2 Å². The summed E-state index contributed by atoms with van der Waals surface area (Å²) >= 11 is 0. The number of halogens is 3. The number of nitrogens with one attached hydrogen (secondary N) is 1. The quantitative estimate of drug-likeness (QED) is 0.453. The van der Waals surface area contributed by atoms with Crippen molar-refractivity contribution in [2.45, 2.75) is 25.8 Å². The van der Waals surface area contributed by atoms with Crippen molar-refractivity contribution in [3.63, 3.8) is 0 Å². The van der Waals surface area contributed by atoms with Gasteiger partial charge in [0.25, 0.3) is 5.92 Å². The first kappa shape index (κ1) is 16.5. The number of aromatic nitrogens is 2. The molecular formula is C23H26F3N3O4. The molecule has 0 aliphatic rings. The Morgan fingerprint density at radius 3 is 2.73 bits per heavy atom. The van der Waals surface area contributed by atoms with E-state index in [2.05, 4.69) is 20.0 Å². The average molecular weight is 473 g/mol. The monoisotopic (exact) mass is 472 g/mol.